The summed E-state index contributed by atoms with van der Waals surface area (Å²) in [6, 6.07) is 6.42. The molecular weight excluding hydrogens is 202 g/mol. The average Bonchev–Trinajstić information content (AvgIpc) is 2.60. The minimum Gasteiger partial charge on any atom is -0.236 e. The molecule has 78 valence electrons. The van der Waals surface area contributed by atoms with Crippen LogP contribution in [0.3, 0.4) is 0 Å². The quantitative estimate of drug-likeness (QED) is 0.725. The van der Waals surface area contributed by atoms with Crippen LogP contribution >= 0.6 is 11.3 Å². The molecule has 0 aliphatic carbocycles. The van der Waals surface area contributed by atoms with E-state index in [0.29, 0.717) is 0 Å². The number of allylic oxidation sites excluding steroid dienone is 2. The number of nitrogens with zero attached hydrogens (tertiary/aromatic N) is 1. The Hall–Kier alpha value is -1.15. The van der Waals surface area contributed by atoms with Crippen molar-refractivity contribution in [1.29, 1.82) is 0 Å². The van der Waals surface area contributed by atoms with Crippen molar-refractivity contribution in [3.05, 3.63) is 34.8 Å². The molecule has 0 unspecified atom stereocenters. The third kappa shape index (κ3) is 2.10. The third-order valence-corrected chi connectivity index (χ3v) is 3.55. The first-order valence-corrected chi connectivity index (χ1v) is 6.06. The highest BCUT2D eigenvalue weighted by Gasteiger charge is 2.04. The standard InChI is InChI=1S/C13H15NS/c1-4-5-10(3)13-14-11-7-6-9(2)8-12(11)15-13/h5-8H,4H2,1-3H3/b10-5+. The molecule has 1 aromatic carbocycles. The zero-order valence-electron chi connectivity index (χ0n) is 9.37. The molecule has 0 fully saturated rings. The molecule has 0 radical (unpaired) electrons. The molecule has 2 heteroatoms. The van der Waals surface area contributed by atoms with E-state index in [1.54, 1.807) is 11.3 Å². The molecular formula is C13H15NS. The average molecular weight is 217 g/mol. The van der Waals surface area contributed by atoms with Crippen LogP contribution in [0.1, 0.15) is 30.8 Å². The highest BCUT2D eigenvalue weighted by molar-refractivity contribution is 7.19. The molecule has 15 heavy (non-hydrogen) atoms. The summed E-state index contributed by atoms with van der Waals surface area (Å²) in [5.74, 6) is 0. The van der Waals surface area contributed by atoms with Crippen molar-refractivity contribution in [3.8, 4) is 0 Å². The normalized spacial score (nSPS) is 12.3. The summed E-state index contributed by atoms with van der Waals surface area (Å²) < 4.78 is 1.29. The van der Waals surface area contributed by atoms with Crippen LogP contribution in [-0.4, -0.2) is 4.98 Å². The molecule has 0 bridgehead atoms. The number of thiazole rings is 1. The first-order chi connectivity index (χ1) is 7.20. The number of aromatic nitrogens is 1. The van der Waals surface area contributed by atoms with Gasteiger partial charge in [-0.25, -0.2) is 4.98 Å². The second kappa shape index (κ2) is 4.15. The summed E-state index contributed by atoms with van der Waals surface area (Å²) in [7, 11) is 0. The number of hydrogen-bond acceptors (Lipinski definition) is 2. The molecule has 0 aliphatic heterocycles. The van der Waals surface area contributed by atoms with Gasteiger partial charge in [-0.2, -0.15) is 0 Å². The van der Waals surface area contributed by atoms with Crippen LogP contribution in [-0.2, 0) is 0 Å². The van der Waals surface area contributed by atoms with E-state index in [1.165, 1.54) is 15.8 Å². The molecule has 0 atom stereocenters. The van der Waals surface area contributed by atoms with Gasteiger partial charge in [-0.3, -0.25) is 0 Å². The zero-order chi connectivity index (χ0) is 10.8. The van der Waals surface area contributed by atoms with Crippen molar-refractivity contribution in [3.63, 3.8) is 0 Å². The molecule has 1 heterocycles. The van der Waals surface area contributed by atoms with Crippen molar-refractivity contribution in [1.82, 2.24) is 4.98 Å². The predicted molar refractivity (Wildman–Crippen MR) is 68.3 cm³/mol. The van der Waals surface area contributed by atoms with Gasteiger partial charge in [0.05, 0.1) is 10.2 Å². The molecule has 0 saturated carbocycles. The highest BCUT2D eigenvalue weighted by atomic mass is 32.1. The maximum atomic E-state index is 4.62. The lowest BCUT2D eigenvalue weighted by Crippen LogP contribution is -1.76. The smallest absolute Gasteiger partial charge is 0.119 e. The largest absolute Gasteiger partial charge is 0.236 e. The van der Waals surface area contributed by atoms with E-state index in [1.807, 2.05) is 0 Å². The van der Waals surface area contributed by atoms with Gasteiger partial charge in [0.1, 0.15) is 5.01 Å². The zero-order valence-corrected chi connectivity index (χ0v) is 10.2. The van der Waals surface area contributed by atoms with Crippen molar-refractivity contribution >= 4 is 27.1 Å². The number of fused-ring (bicyclic) bond motifs is 1. The Labute approximate surface area is 94.5 Å². The minimum atomic E-state index is 1.07. The number of hydrogen-bond donors (Lipinski definition) is 0. The van der Waals surface area contributed by atoms with E-state index < -0.39 is 0 Å². The Balaban J connectivity index is 2.52. The van der Waals surface area contributed by atoms with E-state index in [9.17, 15) is 0 Å². The second-order valence-corrected chi connectivity index (χ2v) is 4.82. The van der Waals surface area contributed by atoms with Gasteiger partial charge in [-0.1, -0.05) is 19.1 Å². The van der Waals surface area contributed by atoms with Gasteiger partial charge >= 0.3 is 0 Å². The van der Waals surface area contributed by atoms with Crippen LogP contribution in [0.4, 0.5) is 0 Å². The summed E-state index contributed by atoms with van der Waals surface area (Å²) in [5.41, 5.74) is 3.70. The molecule has 2 rings (SSSR count). The summed E-state index contributed by atoms with van der Waals surface area (Å²) in [4.78, 5) is 4.62. The maximum absolute atomic E-state index is 4.62. The summed E-state index contributed by atoms with van der Waals surface area (Å²) in [5, 5.41) is 1.15. The first kappa shape index (κ1) is 10.4. The highest BCUT2D eigenvalue weighted by Crippen LogP contribution is 2.27. The second-order valence-electron chi connectivity index (χ2n) is 3.79. The van der Waals surface area contributed by atoms with Crippen LogP contribution < -0.4 is 0 Å². The van der Waals surface area contributed by atoms with Gasteiger partial charge < -0.3 is 0 Å². The predicted octanol–water partition coefficient (Wildman–Crippen LogP) is 4.42. The van der Waals surface area contributed by atoms with Crippen LogP contribution in [0.25, 0.3) is 15.8 Å². The van der Waals surface area contributed by atoms with Crippen molar-refractivity contribution in [2.75, 3.05) is 0 Å². The van der Waals surface area contributed by atoms with Crippen LogP contribution in [0.2, 0.25) is 0 Å². The van der Waals surface area contributed by atoms with Crippen molar-refractivity contribution in [2.24, 2.45) is 0 Å². The van der Waals surface area contributed by atoms with E-state index in [2.05, 4.69) is 50.0 Å². The molecule has 1 nitrogen and oxygen atoms in total. The molecule has 0 amide bonds. The molecule has 0 spiro atoms. The lowest BCUT2D eigenvalue weighted by atomic mass is 10.2. The van der Waals surface area contributed by atoms with Gasteiger partial charge in [0, 0.05) is 0 Å². The SMILES string of the molecule is CC/C=C(\C)c1nc2ccc(C)cc2s1. The topological polar surface area (TPSA) is 12.9 Å². The Morgan fingerprint density at radius 2 is 2.27 bits per heavy atom. The number of benzene rings is 1. The fourth-order valence-electron chi connectivity index (χ4n) is 1.59. The van der Waals surface area contributed by atoms with E-state index in [0.717, 1.165) is 16.9 Å². The van der Waals surface area contributed by atoms with Crippen LogP contribution in [0.5, 0.6) is 0 Å². The molecule has 0 aliphatic rings. The van der Waals surface area contributed by atoms with Crippen molar-refractivity contribution < 1.29 is 0 Å². The van der Waals surface area contributed by atoms with Gasteiger partial charge in [0.15, 0.2) is 0 Å². The van der Waals surface area contributed by atoms with E-state index >= 15 is 0 Å². The fraction of sp³-hybridized carbons (Fsp3) is 0.308. The van der Waals surface area contributed by atoms with E-state index in [-0.39, 0.29) is 0 Å². The van der Waals surface area contributed by atoms with Gasteiger partial charge in [0.25, 0.3) is 0 Å². The Morgan fingerprint density at radius 1 is 1.47 bits per heavy atom. The summed E-state index contributed by atoms with van der Waals surface area (Å²) in [6.45, 7) is 6.41. The van der Waals surface area contributed by atoms with Gasteiger partial charge in [0.2, 0.25) is 0 Å². The molecule has 2 aromatic rings. The molecule has 0 saturated heterocycles. The Kier molecular flexibility index (Phi) is 2.87. The monoisotopic (exact) mass is 217 g/mol. The number of rotatable bonds is 2. The van der Waals surface area contributed by atoms with Crippen molar-refractivity contribution in [2.45, 2.75) is 27.2 Å². The summed E-state index contributed by atoms with van der Waals surface area (Å²) in [6.07, 6.45) is 3.30. The fourth-order valence-corrected chi connectivity index (χ4v) is 2.65. The Bertz CT molecular complexity index is 508. The minimum absolute atomic E-state index is 1.07. The van der Waals surface area contributed by atoms with Gasteiger partial charge in [-0.05, 0) is 43.5 Å². The lowest BCUT2D eigenvalue weighted by Gasteiger charge is -1.91. The lowest BCUT2D eigenvalue weighted by molar-refractivity contribution is 1.22. The van der Waals surface area contributed by atoms with E-state index in [4.69, 9.17) is 0 Å². The molecule has 0 N–H and O–H groups in total. The Morgan fingerprint density at radius 3 is 3.00 bits per heavy atom. The first-order valence-electron chi connectivity index (χ1n) is 5.25. The molecule has 1 aromatic heterocycles. The van der Waals surface area contributed by atoms with Gasteiger partial charge in [-0.15, -0.1) is 11.3 Å². The van der Waals surface area contributed by atoms with Crippen LogP contribution in [0.15, 0.2) is 24.3 Å². The maximum Gasteiger partial charge on any atom is 0.119 e. The van der Waals surface area contributed by atoms with Crippen LogP contribution in [0, 0.1) is 6.92 Å². The summed E-state index contributed by atoms with van der Waals surface area (Å²) >= 11 is 1.78. The third-order valence-electron chi connectivity index (χ3n) is 2.39. The number of aryl methyl sites for hydroxylation is 1.